The largest absolute Gasteiger partial charge is 0.506 e. The predicted molar refractivity (Wildman–Crippen MR) is 131 cm³/mol. The topological polar surface area (TPSA) is 69.5 Å². The minimum absolute atomic E-state index is 0.0642. The van der Waals surface area contributed by atoms with Gasteiger partial charge in [-0.25, -0.2) is 0 Å². The first kappa shape index (κ1) is 23.6. The summed E-state index contributed by atoms with van der Waals surface area (Å²) < 4.78 is 40.0. The molecule has 3 aromatic carbocycles. The third kappa shape index (κ3) is 4.81. The molecule has 0 saturated carbocycles. The molecule has 36 heavy (non-hydrogen) atoms. The molecular formula is C28H22F3N3O2. The second-order valence-corrected chi connectivity index (χ2v) is 8.63. The molecule has 0 fully saturated rings. The van der Waals surface area contributed by atoms with Gasteiger partial charge in [-0.15, -0.1) is 0 Å². The van der Waals surface area contributed by atoms with Crippen molar-refractivity contribution in [2.24, 2.45) is 0 Å². The Hall–Kier alpha value is -4.17. The summed E-state index contributed by atoms with van der Waals surface area (Å²) in [5.41, 5.74) is 2.51. The lowest BCUT2D eigenvalue weighted by molar-refractivity contribution is -0.137. The van der Waals surface area contributed by atoms with Gasteiger partial charge in [0.1, 0.15) is 22.5 Å². The lowest BCUT2D eigenvalue weighted by Gasteiger charge is -2.25. The molecule has 8 heteroatoms. The summed E-state index contributed by atoms with van der Waals surface area (Å²) >= 11 is 0. The quantitative estimate of drug-likeness (QED) is 0.288. The smallest absolute Gasteiger partial charge is 0.416 e. The second-order valence-electron chi connectivity index (χ2n) is 8.63. The van der Waals surface area contributed by atoms with Crippen molar-refractivity contribution in [2.75, 3.05) is 0 Å². The number of aromatic hydroxyl groups is 2. The number of aromatic nitrogens is 2. The molecule has 0 saturated heterocycles. The van der Waals surface area contributed by atoms with Crippen LogP contribution in [0.1, 0.15) is 22.3 Å². The number of rotatable bonds is 6. The molecule has 2 heterocycles. The Labute approximate surface area is 205 Å². The normalized spacial score (nSPS) is 12.0. The number of fused-ring (bicyclic) bond motifs is 2. The molecular weight excluding hydrogens is 467 g/mol. The number of nitrogens with zero attached hydrogens (tertiary/aromatic N) is 3. The van der Waals surface area contributed by atoms with E-state index in [2.05, 4.69) is 9.97 Å². The molecule has 0 spiro atoms. The van der Waals surface area contributed by atoms with E-state index in [1.165, 1.54) is 12.1 Å². The van der Waals surface area contributed by atoms with Crippen LogP contribution in [0.3, 0.4) is 0 Å². The minimum Gasteiger partial charge on any atom is -0.506 e. The van der Waals surface area contributed by atoms with E-state index < -0.39 is 11.7 Å². The van der Waals surface area contributed by atoms with Gasteiger partial charge in [-0.2, -0.15) is 13.2 Å². The fourth-order valence-electron chi connectivity index (χ4n) is 4.46. The van der Waals surface area contributed by atoms with Crippen molar-refractivity contribution in [1.29, 1.82) is 0 Å². The maximum atomic E-state index is 13.3. The zero-order valence-corrected chi connectivity index (χ0v) is 19.1. The van der Waals surface area contributed by atoms with Crippen LogP contribution in [0.2, 0.25) is 0 Å². The zero-order chi connectivity index (χ0) is 25.3. The summed E-state index contributed by atoms with van der Waals surface area (Å²) in [6.45, 7) is 1.03. The van der Waals surface area contributed by atoms with Crippen molar-refractivity contribution < 1.29 is 23.4 Å². The van der Waals surface area contributed by atoms with E-state index in [0.717, 1.165) is 28.0 Å². The predicted octanol–water partition coefficient (Wildman–Crippen LogP) is 6.42. The Morgan fingerprint density at radius 2 is 1.22 bits per heavy atom. The maximum Gasteiger partial charge on any atom is 0.416 e. The highest BCUT2D eigenvalue weighted by molar-refractivity contribution is 5.88. The Bertz CT molecular complexity index is 1470. The lowest BCUT2D eigenvalue weighted by Crippen LogP contribution is -2.23. The van der Waals surface area contributed by atoms with Crippen LogP contribution in [0, 0.1) is 0 Å². The van der Waals surface area contributed by atoms with Crippen LogP contribution < -0.4 is 0 Å². The second kappa shape index (κ2) is 9.47. The van der Waals surface area contributed by atoms with Gasteiger partial charge in [0.25, 0.3) is 0 Å². The molecule has 0 aliphatic carbocycles. The van der Waals surface area contributed by atoms with Gasteiger partial charge in [0.2, 0.25) is 0 Å². The van der Waals surface area contributed by atoms with Gasteiger partial charge in [0.15, 0.2) is 0 Å². The standard InChI is InChI=1S/C28H22F3N3O2/c29-28(30,31)21-5-1-4-18(14-21)15-34(16-19-8-10-24(35)26-22(19)6-2-12-32-26)17-20-9-11-25(36)27-23(20)7-3-13-33-27/h1-14,35-36H,15-17H2. The van der Waals surface area contributed by atoms with E-state index in [1.54, 1.807) is 54.9 Å². The highest BCUT2D eigenvalue weighted by Crippen LogP contribution is 2.32. The molecule has 0 aliphatic rings. The van der Waals surface area contributed by atoms with Crippen LogP contribution in [-0.2, 0) is 25.8 Å². The first-order chi connectivity index (χ1) is 17.3. The van der Waals surface area contributed by atoms with Crippen LogP contribution in [0.5, 0.6) is 11.5 Å². The number of benzene rings is 3. The SMILES string of the molecule is Oc1ccc(CN(Cc2cccc(C(F)(F)F)c2)Cc2ccc(O)c3ncccc23)c2cccnc12. The summed E-state index contributed by atoms with van der Waals surface area (Å²) in [4.78, 5) is 10.6. The van der Waals surface area contributed by atoms with Gasteiger partial charge in [-0.1, -0.05) is 42.5 Å². The number of phenols is 2. The van der Waals surface area contributed by atoms with E-state index in [9.17, 15) is 23.4 Å². The average molecular weight is 489 g/mol. The number of phenolic OH excluding ortho intramolecular Hbond substituents is 2. The Balaban J connectivity index is 1.55. The first-order valence-electron chi connectivity index (χ1n) is 11.3. The van der Waals surface area contributed by atoms with Crippen LogP contribution in [0.4, 0.5) is 13.2 Å². The fourth-order valence-corrected chi connectivity index (χ4v) is 4.46. The van der Waals surface area contributed by atoms with Gasteiger partial charge in [-0.3, -0.25) is 14.9 Å². The molecule has 5 nitrogen and oxygen atoms in total. The molecule has 182 valence electrons. The summed E-state index contributed by atoms with van der Waals surface area (Å²) in [5.74, 6) is 0.128. The Morgan fingerprint density at radius 3 is 1.75 bits per heavy atom. The fraction of sp³-hybridized carbons (Fsp3) is 0.143. The Morgan fingerprint density at radius 1 is 0.667 bits per heavy atom. The number of alkyl halides is 3. The summed E-state index contributed by atoms with van der Waals surface area (Å²) in [7, 11) is 0. The maximum absolute atomic E-state index is 13.3. The van der Waals surface area contributed by atoms with E-state index >= 15 is 0 Å². The number of pyridine rings is 2. The van der Waals surface area contributed by atoms with Crippen molar-refractivity contribution in [2.45, 2.75) is 25.8 Å². The van der Waals surface area contributed by atoms with Gasteiger partial charge in [0, 0.05) is 42.8 Å². The molecule has 0 unspecified atom stereocenters. The summed E-state index contributed by atoms with van der Waals surface area (Å²) in [6.07, 6.45) is -1.23. The van der Waals surface area contributed by atoms with Crippen molar-refractivity contribution in [3.8, 4) is 11.5 Å². The van der Waals surface area contributed by atoms with Crippen LogP contribution in [0.25, 0.3) is 21.8 Å². The highest BCUT2D eigenvalue weighted by Gasteiger charge is 2.30. The Kier molecular flexibility index (Phi) is 6.20. The molecule has 0 aliphatic heterocycles. The highest BCUT2D eigenvalue weighted by atomic mass is 19.4. The van der Waals surface area contributed by atoms with Gasteiger partial charge >= 0.3 is 6.18 Å². The van der Waals surface area contributed by atoms with Gasteiger partial charge in [0.05, 0.1) is 5.56 Å². The summed E-state index contributed by atoms with van der Waals surface area (Å²) in [6, 6.07) is 19.4. The van der Waals surface area contributed by atoms with Gasteiger partial charge < -0.3 is 10.2 Å². The van der Waals surface area contributed by atoms with E-state index in [0.29, 0.717) is 29.7 Å². The van der Waals surface area contributed by atoms with Crippen molar-refractivity contribution in [3.05, 3.63) is 107 Å². The number of halogens is 3. The van der Waals surface area contributed by atoms with Crippen LogP contribution >= 0.6 is 0 Å². The van der Waals surface area contributed by atoms with Gasteiger partial charge in [-0.05, 0) is 47.0 Å². The number of hydrogen-bond acceptors (Lipinski definition) is 5. The van der Waals surface area contributed by atoms with Crippen LogP contribution in [-0.4, -0.2) is 25.1 Å². The summed E-state index contributed by atoms with van der Waals surface area (Å²) in [5, 5.41) is 22.0. The van der Waals surface area contributed by atoms with Crippen molar-refractivity contribution in [1.82, 2.24) is 14.9 Å². The zero-order valence-electron chi connectivity index (χ0n) is 19.1. The van der Waals surface area contributed by atoms with Crippen molar-refractivity contribution in [3.63, 3.8) is 0 Å². The van der Waals surface area contributed by atoms with E-state index in [1.807, 2.05) is 17.0 Å². The first-order valence-corrected chi connectivity index (χ1v) is 11.3. The molecule has 0 radical (unpaired) electrons. The monoisotopic (exact) mass is 489 g/mol. The molecule has 0 bridgehead atoms. The third-order valence-electron chi connectivity index (χ3n) is 6.13. The lowest BCUT2D eigenvalue weighted by atomic mass is 10.0. The molecule has 0 amide bonds. The van der Waals surface area contributed by atoms with E-state index in [-0.39, 0.29) is 18.0 Å². The van der Waals surface area contributed by atoms with Crippen molar-refractivity contribution >= 4 is 21.8 Å². The molecule has 0 atom stereocenters. The molecule has 2 N–H and O–H groups in total. The molecule has 5 rings (SSSR count). The van der Waals surface area contributed by atoms with E-state index in [4.69, 9.17) is 0 Å². The molecule has 2 aromatic heterocycles. The third-order valence-corrected chi connectivity index (χ3v) is 6.13. The average Bonchev–Trinajstić information content (AvgIpc) is 2.87. The number of hydrogen-bond donors (Lipinski definition) is 2. The van der Waals surface area contributed by atoms with Crippen LogP contribution in [0.15, 0.2) is 85.2 Å². The minimum atomic E-state index is -4.43. The molecule has 5 aromatic rings.